The van der Waals surface area contributed by atoms with Crippen LogP contribution in [0.2, 0.25) is 0 Å². The molecule has 0 bridgehead atoms. The molecule has 0 saturated heterocycles. The third kappa shape index (κ3) is 2.60. The van der Waals surface area contributed by atoms with Gasteiger partial charge in [-0.25, -0.2) is 4.98 Å². The Morgan fingerprint density at radius 3 is 2.95 bits per heavy atom. The van der Waals surface area contributed by atoms with Crippen LogP contribution in [0.1, 0.15) is 24.4 Å². The van der Waals surface area contributed by atoms with Gasteiger partial charge in [0.25, 0.3) is 0 Å². The van der Waals surface area contributed by atoms with Crippen molar-refractivity contribution in [2.75, 3.05) is 0 Å². The lowest BCUT2D eigenvalue weighted by Crippen LogP contribution is -2.11. The summed E-state index contributed by atoms with van der Waals surface area (Å²) in [6.45, 7) is 6.23. The summed E-state index contributed by atoms with van der Waals surface area (Å²) in [4.78, 5) is 4.63. The van der Waals surface area contributed by atoms with E-state index in [1.807, 2.05) is 18.2 Å². The fraction of sp³-hybridized carbons (Fsp3) is 0.235. The second-order valence-corrected chi connectivity index (χ2v) is 6.33. The molecule has 1 aromatic heterocycles. The van der Waals surface area contributed by atoms with E-state index in [0.29, 0.717) is 5.92 Å². The van der Waals surface area contributed by atoms with E-state index >= 15 is 0 Å². The molecule has 3 rings (SSSR count). The number of hydrogen-bond acceptors (Lipinski definition) is 3. The summed E-state index contributed by atoms with van der Waals surface area (Å²) in [7, 11) is 0. The van der Waals surface area contributed by atoms with Crippen LogP contribution in [0.25, 0.3) is 10.2 Å². The summed E-state index contributed by atoms with van der Waals surface area (Å²) in [5, 5.41) is 1.00. The van der Waals surface area contributed by atoms with E-state index in [2.05, 4.69) is 42.8 Å². The van der Waals surface area contributed by atoms with Crippen LogP contribution < -0.4 is 5.73 Å². The Kier molecular flexibility index (Phi) is 3.55. The van der Waals surface area contributed by atoms with Crippen LogP contribution in [-0.2, 0) is 0 Å². The number of fused-ring (bicyclic) bond motifs is 1. The first-order chi connectivity index (χ1) is 9.63. The van der Waals surface area contributed by atoms with Crippen molar-refractivity contribution in [2.24, 2.45) is 11.7 Å². The van der Waals surface area contributed by atoms with Crippen LogP contribution in [0.3, 0.4) is 0 Å². The van der Waals surface area contributed by atoms with Gasteiger partial charge in [-0.1, -0.05) is 43.9 Å². The van der Waals surface area contributed by atoms with E-state index in [0.717, 1.165) is 22.5 Å². The van der Waals surface area contributed by atoms with Crippen molar-refractivity contribution >= 4 is 21.6 Å². The second-order valence-electron chi connectivity index (χ2n) is 5.27. The van der Waals surface area contributed by atoms with Crippen molar-refractivity contribution < 1.29 is 0 Å². The molecule has 0 fully saturated rings. The third-order valence-electron chi connectivity index (χ3n) is 3.64. The molecule has 2 N–H and O–H groups in total. The molecule has 1 aliphatic rings. The monoisotopic (exact) mass is 282 g/mol. The minimum Gasteiger partial charge on any atom is -0.322 e. The van der Waals surface area contributed by atoms with Gasteiger partial charge < -0.3 is 5.73 Å². The van der Waals surface area contributed by atoms with Gasteiger partial charge in [0.2, 0.25) is 0 Å². The summed E-state index contributed by atoms with van der Waals surface area (Å²) >= 11 is 1.69. The standard InChI is InChI=1S/C17H18N2S/c1-11-7-8-13(9-12(11)2)10-14(18)17-19-15-5-3-4-6-16(15)20-17/h3-9,11,14H,2,10,18H2,1H3. The summed E-state index contributed by atoms with van der Waals surface area (Å²) < 4.78 is 1.20. The van der Waals surface area contributed by atoms with Gasteiger partial charge in [0.15, 0.2) is 0 Å². The fourth-order valence-electron chi connectivity index (χ4n) is 2.33. The predicted molar refractivity (Wildman–Crippen MR) is 86.7 cm³/mol. The van der Waals surface area contributed by atoms with Crippen molar-refractivity contribution in [3.8, 4) is 0 Å². The third-order valence-corrected chi connectivity index (χ3v) is 4.81. The second kappa shape index (κ2) is 5.35. The van der Waals surface area contributed by atoms with Crippen molar-refractivity contribution in [3.63, 3.8) is 0 Å². The average molecular weight is 282 g/mol. The molecule has 20 heavy (non-hydrogen) atoms. The van der Waals surface area contributed by atoms with E-state index in [4.69, 9.17) is 5.73 Å². The first kappa shape index (κ1) is 13.3. The molecular formula is C17H18N2S. The van der Waals surface area contributed by atoms with Gasteiger partial charge in [0.05, 0.1) is 16.3 Å². The number of nitrogens with two attached hydrogens (primary N) is 1. The Morgan fingerprint density at radius 1 is 1.40 bits per heavy atom. The predicted octanol–water partition coefficient (Wildman–Crippen LogP) is 4.37. The molecule has 0 aliphatic heterocycles. The zero-order valence-electron chi connectivity index (χ0n) is 11.5. The molecule has 102 valence electrons. The van der Waals surface area contributed by atoms with Gasteiger partial charge >= 0.3 is 0 Å². The topological polar surface area (TPSA) is 38.9 Å². The van der Waals surface area contributed by atoms with Gasteiger partial charge in [-0.3, -0.25) is 0 Å². The molecule has 0 radical (unpaired) electrons. The average Bonchev–Trinajstić information content (AvgIpc) is 2.87. The number of nitrogens with zero attached hydrogens (tertiary/aromatic N) is 1. The number of benzene rings is 1. The molecule has 2 unspecified atom stereocenters. The number of hydrogen-bond donors (Lipinski definition) is 1. The van der Waals surface area contributed by atoms with E-state index in [-0.39, 0.29) is 6.04 Å². The lowest BCUT2D eigenvalue weighted by Gasteiger charge is -2.16. The maximum atomic E-state index is 6.31. The number of aromatic nitrogens is 1. The Bertz CT molecular complexity index is 676. The van der Waals surface area contributed by atoms with E-state index in [1.54, 1.807) is 11.3 Å². The fourth-order valence-corrected chi connectivity index (χ4v) is 3.29. The van der Waals surface area contributed by atoms with Crippen molar-refractivity contribution in [2.45, 2.75) is 19.4 Å². The normalized spacial score (nSPS) is 20.2. The highest BCUT2D eigenvalue weighted by atomic mass is 32.1. The molecule has 1 heterocycles. The number of thiazole rings is 1. The highest BCUT2D eigenvalue weighted by Crippen LogP contribution is 2.30. The molecule has 3 heteroatoms. The quantitative estimate of drug-likeness (QED) is 0.907. The van der Waals surface area contributed by atoms with Gasteiger partial charge in [-0.2, -0.15) is 0 Å². The minimum atomic E-state index is -0.0514. The highest BCUT2D eigenvalue weighted by Gasteiger charge is 2.15. The molecular weight excluding hydrogens is 264 g/mol. The Labute approximate surface area is 123 Å². The number of allylic oxidation sites excluding steroid dienone is 4. The van der Waals surface area contributed by atoms with Crippen LogP contribution in [0.4, 0.5) is 0 Å². The maximum absolute atomic E-state index is 6.31. The SMILES string of the molecule is C=C1C=C(CC(N)c2nc3ccccc3s2)C=CC1C. The van der Waals surface area contributed by atoms with Crippen molar-refractivity contribution in [1.82, 2.24) is 4.98 Å². The highest BCUT2D eigenvalue weighted by molar-refractivity contribution is 7.18. The molecule has 2 nitrogen and oxygen atoms in total. The zero-order chi connectivity index (χ0) is 14.1. The van der Waals surface area contributed by atoms with Gasteiger partial charge in [-0.15, -0.1) is 11.3 Å². The first-order valence-electron chi connectivity index (χ1n) is 6.82. The molecule has 2 atom stereocenters. The van der Waals surface area contributed by atoms with Gasteiger partial charge in [0.1, 0.15) is 5.01 Å². The first-order valence-corrected chi connectivity index (χ1v) is 7.64. The van der Waals surface area contributed by atoms with Crippen molar-refractivity contribution in [1.29, 1.82) is 0 Å². The lowest BCUT2D eigenvalue weighted by atomic mass is 9.91. The summed E-state index contributed by atoms with van der Waals surface area (Å²) in [6, 6.07) is 8.12. The van der Waals surface area contributed by atoms with E-state index in [1.165, 1.54) is 10.3 Å². The largest absolute Gasteiger partial charge is 0.322 e. The summed E-state index contributed by atoms with van der Waals surface area (Å²) in [5.41, 5.74) is 9.74. The Morgan fingerprint density at radius 2 is 2.20 bits per heavy atom. The van der Waals surface area contributed by atoms with E-state index < -0.39 is 0 Å². The molecule has 0 spiro atoms. The lowest BCUT2D eigenvalue weighted by molar-refractivity contribution is 0.714. The van der Waals surface area contributed by atoms with Gasteiger partial charge in [0, 0.05) is 0 Å². The molecule has 0 amide bonds. The molecule has 1 aromatic carbocycles. The molecule has 1 aliphatic carbocycles. The van der Waals surface area contributed by atoms with E-state index in [9.17, 15) is 0 Å². The summed E-state index contributed by atoms with van der Waals surface area (Å²) in [6.07, 6.45) is 7.30. The van der Waals surface area contributed by atoms with Crippen LogP contribution in [-0.4, -0.2) is 4.98 Å². The van der Waals surface area contributed by atoms with Crippen LogP contribution >= 0.6 is 11.3 Å². The summed E-state index contributed by atoms with van der Waals surface area (Å²) in [5.74, 6) is 0.428. The van der Waals surface area contributed by atoms with Crippen molar-refractivity contribution in [3.05, 3.63) is 65.2 Å². The number of rotatable bonds is 3. The Balaban J connectivity index is 1.79. The Hall–Kier alpha value is -1.71. The minimum absolute atomic E-state index is 0.0514. The van der Waals surface area contributed by atoms with Gasteiger partial charge in [-0.05, 0) is 35.6 Å². The molecule has 2 aromatic rings. The zero-order valence-corrected chi connectivity index (χ0v) is 12.4. The maximum Gasteiger partial charge on any atom is 0.111 e. The van der Waals surface area contributed by atoms with Crippen LogP contribution in [0.15, 0.2) is 60.2 Å². The van der Waals surface area contributed by atoms with Crippen LogP contribution in [0, 0.1) is 5.92 Å². The smallest absolute Gasteiger partial charge is 0.111 e. The molecule has 0 saturated carbocycles. The van der Waals surface area contributed by atoms with Crippen LogP contribution in [0.5, 0.6) is 0 Å². The number of para-hydroxylation sites is 1.